The smallest absolute Gasteiger partial charge is 0.384 e. The number of rotatable bonds is 4. The van der Waals surface area contributed by atoms with E-state index >= 15 is 0 Å². The van der Waals surface area contributed by atoms with Gasteiger partial charge in [0.1, 0.15) is 5.60 Å². The molecule has 20 heavy (non-hydrogen) atoms. The van der Waals surface area contributed by atoms with Crippen molar-refractivity contribution in [2.75, 3.05) is 7.11 Å². The first kappa shape index (κ1) is 13.9. The Morgan fingerprint density at radius 2 is 1.55 bits per heavy atom. The van der Waals surface area contributed by atoms with Gasteiger partial charge < -0.3 is 9.47 Å². The molecule has 2 rings (SSSR count). The molecule has 0 bridgehead atoms. The highest BCUT2D eigenvalue weighted by Gasteiger charge is 2.35. The summed E-state index contributed by atoms with van der Waals surface area (Å²) in [7, 11) is 1.17. The van der Waals surface area contributed by atoms with Crippen molar-refractivity contribution >= 4 is 11.9 Å². The summed E-state index contributed by atoms with van der Waals surface area (Å²) in [5, 5.41) is 0. The van der Waals surface area contributed by atoms with Crippen LogP contribution in [0.5, 0.6) is 0 Å². The fraction of sp³-hybridized carbons (Fsp3) is 0.286. The third-order valence-electron chi connectivity index (χ3n) is 2.79. The number of ether oxygens (including phenoxy) is 2. The second kappa shape index (κ2) is 5.24. The van der Waals surface area contributed by atoms with Gasteiger partial charge in [-0.25, -0.2) is 9.59 Å². The van der Waals surface area contributed by atoms with Crippen LogP contribution in [0.4, 0.5) is 0 Å². The molecule has 1 aromatic heterocycles. The largest absolute Gasteiger partial charge is 0.463 e. The van der Waals surface area contributed by atoms with Crippen molar-refractivity contribution in [3.8, 4) is 0 Å². The lowest BCUT2D eigenvalue weighted by Crippen LogP contribution is -2.27. The molecule has 6 heteroatoms. The molecule has 1 aromatic carbocycles. The van der Waals surface area contributed by atoms with Crippen molar-refractivity contribution in [1.29, 1.82) is 0 Å². The minimum Gasteiger partial charge on any atom is -0.463 e. The second-order valence-electron chi connectivity index (χ2n) is 4.58. The molecule has 0 amide bonds. The SMILES string of the molecule is COC(=O)c1ooc1C(=O)OC(C)(C)c1ccccc1. The highest BCUT2D eigenvalue weighted by molar-refractivity contribution is 5.99. The Labute approximate surface area is 115 Å². The van der Waals surface area contributed by atoms with Crippen molar-refractivity contribution in [2.45, 2.75) is 19.4 Å². The van der Waals surface area contributed by atoms with Gasteiger partial charge in [0.05, 0.1) is 7.11 Å². The van der Waals surface area contributed by atoms with Crippen molar-refractivity contribution in [3.05, 3.63) is 47.4 Å². The Balaban J connectivity index is 2.14. The third-order valence-corrected chi connectivity index (χ3v) is 2.79. The molecule has 0 fully saturated rings. The first-order valence-corrected chi connectivity index (χ1v) is 5.91. The van der Waals surface area contributed by atoms with Gasteiger partial charge in [-0.05, 0) is 19.4 Å². The van der Waals surface area contributed by atoms with E-state index in [2.05, 4.69) is 13.9 Å². The normalized spacial score (nSPS) is 11.2. The van der Waals surface area contributed by atoms with E-state index in [4.69, 9.17) is 4.74 Å². The summed E-state index contributed by atoms with van der Waals surface area (Å²) >= 11 is 0. The first-order chi connectivity index (χ1) is 9.45. The molecule has 2 aromatic rings. The topological polar surface area (TPSA) is 78.9 Å². The Bertz CT molecular complexity index is 605. The lowest BCUT2D eigenvalue weighted by Gasteiger charge is -2.25. The summed E-state index contributed by atoms with van der Waals surface area (Å²) in [4.78, 5) is 23.2. The van der Waals surface area contributed by atoms with E-state index in [0.29, 0.717) is 0 Å². The van der Waals surface area contributed by atoms with Crippen LogP contribution in [0.3, 0.4) is 0 Å². The average molecular weight is 278 g/mol. The molecule has 106 valence electrons. The zero-order valence-electron chi connectivity index (χ0n) is 11.3. The molecule has 0 aliphatic carbocycles. The van der Waals surface area contributed by atoms with Crippen LogP contribution in [0.2, 0.25) is 0 Å². The summed E-state index contributed by atoms with van der Waals surface area (Å²) in [6.45, 7) is 3.47. The predicted octanol–water partition coefficient (Wildman–Crippen LogP) is 2.75. The van der Waals surface area contributed by atoms with Gasteiger partial charge >= 0.3 is 23.5 Å². The van der Waals surface area contributed by atoms with Gasteiger partial charge in [0.25, 0.3) is 0 Å². The quantitative estimate of drug-likeness (QED) is 0.632. The van der Waals surface area contributed by atoms with Crippen LogP contribution in [0.1, 0.15) is 40.5 Å². The molecule has 0 saturated carbocycles. The molecule has 0 aliphatic heterocycles. The molecule has 0 aliphatic rings. The van der Waals surface area contributed by atoms with Gasteiger partial charge in [-0.2, -0.15) is 0 Å². The highest BCUT2D eigenvalue weighted by atomic mass is 17.0. The molecule has 0 radical (unpaired) electrons. The van der Waals surface area contributed by atoms with Gasteiger partial charge in [-0.1, -0.05) is 30.3 Å². The van der Waals surface area contributed by atoms with Gasteiger partial charge in [-0.15, -0.1) is 0 Å². The molecule has 0 saturated heterocycles. The van der Waals surface area contributed by atoms with Crippen molar-refractivity contribution in [3.63, 3.8) is 0 Å². The molecule has 1 heterocycles. The molecule has 0 atom stereocenters. The van der Waals surface area contributed by atoms with Crippen molar-refractivity contribution in [2.24, 2.45) is 0 Å². The highest BCUT2D eigenvalue weighted by Crippen LogP contribution is 2.27. The van der Waals surface area contributed by atoms with Crippen LogP contribution >= 0.6 is 0 Å². The molecule has 0 unspecified atom stereocenters. The monoisotopic (exact) mass is 278 g/mol. The van der Waals surface area contributed by atoms with Crippen LogP contribution in [0.25, 0.3) is 0 Å². The second-order valence-corrected chi connectivity index (χ2v) is 4.58. The lowest BCUT2D eigenvalue weighted by atomic mass is 9.98. The maximum absolute atomic E-state index is 12.0. The van der Waals surface area contributed by atoms with Crippen LogP contribution in [0, 0.1) is 0 Å². The van der Waals surface area contributed by atoms with Crippen LogP contribution in [-0.4, -0.2) is 19.0 Å². The maximum atomic E-state index is 12.0. The van der Waals surface area contributed by atoms with E-state index in [1.54, 1.807) is 13.8 Å². The molecule has 0 spiro atoms. The molecule has 6 nitrogen and oxygen atoms in total. The molecular formula is C14H14O6. The fourth-order valence-corrected chi connectivity index (χ4v) is 1.65. The van der Waals surface area contributed by atoms with E-state index in [-0.39, 0.29) is 11.5 Å². The van der Waals surface area contributed by atoms with Crippen molar-refractivity contribution in [1.82, 2.24) is 0 Å². The van der Waals surface area contributed by atoms with Crippen LogP contribution in [0.15, 0.2) is 39.5 Å². The standard InChI is InChI=1S/C14H14O6/c1-14(2,9-7-5-4-6-8-9)18-13(16)11-10(19-20-11)12(15)17-3/h4-8H,1-3H3. The van der Waals surface area contributed by atoms with Gasteiger partial charge in [0.2, 0.25) is 0 Å². The van der Waals surface area contributed by atoms with Crippen LogP contribution in [-0.2, 0) is 15.1 Å². The zero-order valence-corrected chi connectivity index (χ0v) is 11.3. The number of methoxy groups -OCH3 is 1. The van der Waals surface area contributed by atoms with Crippen molar-refractivity contribution < 1.29 is 28.2 Å². The summed E-state index contributed by atoms with van der Waals surface area (Å²) in [6.07, 6.45) is 0. The van der Waals surface area contributed by atoms with Gasteiger partial charge in [-0.3, -0.25) is 9.15 Å². The van der Waals surface area contributed by atoms with Gasteiger partial charge in [0, 0.05) is 0 Å². The summed E-state index contributed by atoms with van der Waals surface area (Å²) in [5.41, 5.74) is -0.0558. The zero-order chi connectivity index (χ0) is 14.8. The van der Waals surface area contributed by atoms with E-state index in [1.165, 1.54) is 7.11 Å². The van der Waals surface area contributed by atoms with Crippen LogP contribution < -0.4 is 0 Å². The number of esters is 2. The molecule has 0 N–H and O–H groups in total. The summed E-state index contributed by atoms with van der Waals surface area (Å²) in [6, 6.07) is 9.21. The average Bonchev–Trinajstić information content (AvgIpc) is 2.37. The Kier molecular flexibility index (Phi) is 3.65. The maximum Gasteiger partial charge on any atom is 0.384 e. The predicted molar refractivity (Wildman–Crippen MR) is 67.2 cm³/mol. The number of carbonyl (C=O) groups is 2. The Morgan fingerprint density at radius 3 is 2.05 bits per heavy atom. The van der Waals surface area contributed by atoms with E-state index < -0.39 is 17.5 Å². The van der Waals surface area contributed by atoms with Gasteiger partial charge in [0.15, 0.2) is 0 Å². The summed E-state index contributed by atoms with van der Waals surface area (Å²) in [5.74, 6) is -2.16. The van der Waals surface area contributed by atoms with E-state index in [0.717, 1.165) is 5.56 Å². The number of carbonyl (C=O) groups excluding carboxylic acids is 2. The minimum atomic E-state index is -0.870. The van der Waals surface area contributed by atoms with E-state index in [9.17, 15) is 9.59 Å². The third kappa shape index (κ3) is 2.59. The number of benzene rings is 1. The number of hydrogen-bond donors (Lipinski definition) is 0. The Hall–Kier alpha value is -2.50. The van der Waals surface area contributed by atoms with E-state index in [1.807, 2.05) is 30.3 Å². The fourth-order valence-electron chi connectivity index (χ4n) is 1.65. The molecular weight excluding hydrogens is 264 g/mol. The minimum absolute atomic E-state index is 0.290. The Morgan fingerprint density at radius 1 is 1.00 bits per heavy atom. The summed E-state index contributed by atoms with van der Waals surface area (Å²) < 4.78 is 18.7. The first-order valence-electron chi connectivity index (χ1n) is 5.91. The number of hydrogen-bond acceptors (Lipinski definition) is 6. The lowest BCUT2D eigenvalue weighted by molar-refractivity contribution is -0.0559.